The fourth-order valence-corrected chi connectivity index (χ4v) is 4.51. The predicted octanol–water partition coefficient (Wildman–Crippen LogP) is 0.452. The van der Waals surface area contributed by atoms with Crippen LogP contribution in [0.15, 0.2) is 11.2 Å². The molecule has 1 aliphatic rings. The van der Waals surface area contributed by atoms with Crippen LogP contribution in [0.25, 0.3) is 0 Å². The van der Waals surface area contributed by atoms with Crippen molar-refractivity contribution in [3.8, 4) is 0 Å². The second-order valence-corrected chi connectivity index (χ2v) is 8.56. The van der Waals surface area contributed by atoms with Gasteiger partial charge in [0.25, 0.3) is 10.0 Å². The van der Waals surface area contributed by atoms with Crippen molar-refractivity contribution in [2.24, 2.45) is 13.0 Å². The van der Waals surface area contributed by atoms with Crippen molar-refractivity contribution in [1.82, 2.24) is 18.8 Å². The van der Waals surface area contributed by atoms with E-state index in [0.29, 0.717) is 31.6 Å². The van der Waals surface area contributed by atoms with E-state index in [1.807, 2.05) is 0 Å². The topological polar surface area (TPSA) is 113 Å². The third-order valence-electron chi connectivity index (χ3n) is 4.75. The van der Waals surface area contributed by atoms with Crippen molar-refractivity contribution in [2.75, 3.05) is 26.7 Å². The van der Waals surface area contributed by atoms with Crippen LogP contribution in [0.4, 0.5) is 0 Å². The molecule has 10 heteroatoms. The smallest absolute Gasteiger partial charge is 0.303 e. The Kier molecular flexibility index (Phi) is 6.40. The molecule has 26 heavy (non-hydrogen) atoms. The molecule has 0 aromatic carbocycles. The van der Waals surface area contributed by atoms with Gasteiger partial charge in [0.1, 0.15) is 5.82 Å². The van der Waals surface area contributed by atoms with Gasteiger partial charge in [-0.1, -0.05) is 0 Å². The van der Waals surface area contributed by atoms with Crippen molar-refractivity contribution in [1.29, 1.82) is 0 Å². The lowest BCUT2D eigenvalue weighted by atomic mass is 9.96. The Hall–Kier alpha value is -1.94. The normalized spacial score (nSPS) is 16.6. The van der Waals surface area contributed by atoms with Gasteiger partial charge in [0.05, 0.1) is 0 Å². The molecule has 0 aliphatic carbocycles. The molecule has 1 aromatic rings. The van der Waals surface area contributed by atoms with E-state index in [1.54, 1.807) is 30.5 Å². The van der Waals surface area contributed by atoms with E-state index in [0.717, 1.165) is 0 Å². The van der Waals surface area contributed by atoms with Crippen LogP contribution in [-0.2, 0) is 26.7 Å². The largest absolute Gasteiger partial charge is 0.481 e. The van der Waals surface area contributed by atoms with Crippen LogP contribution in [0.1, 0.15) is 31.5 Å². The maximum Gasteiger partial charge on any atom is 0.303 e. The minimum absolute atomic E-state index is 0.0256. The first kappa shape index (κ1) is 20.4. The van der Waals surface area contributed by atoms with Gasteiger partial charge >= 0.3 is 5.97 Å². The van der Waals surface area contributed by atoms with Gasteiger partial charge in [-0.15, -0.1) is 0 Å². The van der Waals surface area contributed by atoms with E-state index >= 15 is 0 Å². The summed E-state index contributed by atoms with van der Waals surface area (Å²) >= 11 is 0. The van der Waals surface area contributed by atoms with E-state index in [-0.39, 0.29) is 36.4 Å². The number of carbonyl (C=O) groups is 2. The second-order valence-electron chi connectivity index (χ2n) is 6.67. The van der Waals surface area contributed by atoms with Crippen LogP contribution in [0.2, 0.25) is 0 Å². The Morgan fingerprint density at radius 3 is 2.46 bits per heavy atom. The van der Waals surface area contributed by atoms with Crippen LogP contribution < -0.4 is 0 Å². The van der Waals surface area contributed by atoms with Gasteiger partial charge in [0.15, 0.2) is 5.03 Å². The molecule has 0 unspecified atom stereocenters. The highest BCUT2D eigenvalue weighted by atomic mass is 32.2. The maximum absolute atomic E-state index is 12.7. The number of carboxylic acid groups (broad SMARTS) is 1. The highest BCUT2D eigenvalue weighted by Crippen LogP contribution is 2.24. The SMILES string of the molecule is Cc1nc(S(=O)(=O)N2CCC(C(=O)N(C)CCCC(=O)O)CC2)cn1C. The average Bonchev–Trinajstić information content (AvgIpc) is 2.93. The number of amides is 1. The van der Waals surface area contributed by atoms with E-state index in [1.165, 1.54) is 10.5 Å². The number of sulfonamides is 1. The Bertz CT molecular complexity index is 746. The molecule has 2 rings (SSSR count). The van der Waals surface area contributed by atoms with E-state index in [9.17, 15) is 18.0 Å². The summed E-state index contributed by atoms with van der Waals surface area (Å²) in [5.74, 6) is -0.548. The molecule has 0 saturated carbocycles. The fourth-order valence-electron chi connectivity index (χ4n) is 3.02. The summed E-state index contributed by atoms with van der Waals surface area (Å²) in [5.41, 5.74) is 0. The minimum atomic E-state index is -3.65. The number of hydrogen-bond donors (Lipinski definition) is 1. The van der Waals surface area contributed by atoms with Gasteiger partial charge in [0, 0.05) is 52.3 Å². The summed E-state index contributed by atoms with van der Waals surface area (Å²) in [6.07, 6.45) is 2.83. The van der Waals surface area contributed by atoms with Crippen molar-refractivity contribution in [3.63, 3.8) is 0 Å². The lowest BCUT2D eigenvalue weighted by molar-refractivity contribution is -0.139. The number of carbonyl (C=O) groups excluding carboxylic acids is 1. The number of rotatable bonds is 7. The van der Waals surface area contributed by atoms with Crippen LogP contribution in [0.5, 0.6) is 0 Å². The van der Waals surface area contributed by atoms with E-state index < -0.39 is 16.0 Å². The quantitative estimate of drug-likeness (QED) is 0.728. The zero-order chi connectivity index (χ0) is 19.5. The number of imidazole rings is 1. The Morgan fingerprint density at radius 2 is 1.96 bits per heavy atom. The highest BCUT2D eigenvalue weighted by Gasteiger charge is 2.34. The third kappa shape index (κ3) is 4.61. The van der Waals surface area contributed by atoms with E-state index in [2.05, 4.69) is 4.98 Å². The van der Waals surface area contributed by atoms with Gasteiger partial charge < -0.3 is 14.6 Å². The predicted molar refractivity (Wildman–Crippen MR) is 93.9 cm³/mol. The lowest BCUT2D eigenvalue weighted by Crippen LogP contribution is -2.43. The van der Waals surface area contributed by atoms with E-state index in [4.69, 9.17) is 5.11 Å². The van der Waals surface area contributed by atoms with Crippen molar-refractivity contribution in [3.05, 3.63) is 12.0 Å². The maximum atomic E-state index is 12.7. The molecule has 1 amide bonds. The highest BCUT2D eigenvalue weighted by molar-refractivity contribution is 7.89. The number of aliphatic carboxylic acids is 1. The zero-order valence-electron chi connectivity index (χ0n) is 15.4. The summed E-state index contributed by atoms with van der Waals surface area (Å²) in [4.78, 5) is 28.6. The van der Waals surface area contributed by atoms with Crippen LogP contribution in [-0.4, -0.2) is 70.8 Å². The Balaban J connectivity index is 1.91. The summed E-state index contributed by atoms with van der Waals surface area (Å²) in [7, 11) is -0.246. The second kappa shape index (κ2) is 8.17. The first-order valence-electron chi connectivity index (χ1n) is 8.60. The molecule has 1 N–H and O–H groups in total. The molecule has 1 aromatic heterocycles. The number of carboxylic acids is 1. The van der Waals surface area contributed by atoms with Crippen molar-refractivity contribution >= 4 is 21.9 Å². The molecule has 1 aliphatic heterocycles. The van der Waals surface area contributed by atoms with Crippen LogP contribution in [0, 0.1) is 12.8 Å². The minimum Gasteiger partial charge on any atom is -0.481 e. The first-order chi connectivity index (χ1) is 12.1. The number of hydrogen-bond acceptors (Lipinski definition) is 5. The number of piperidine rings is 1. The van der Waals surface area contributed by atoms with Gasteiger partial charge in [-0.3, -0.25) is 9.59 Å². The van der Waals surface area contributed by atoms with Gasteiger partial charge in [-0.05, 0) is 26.2 Å². The molecule has 2 heterocycles. The first-order valence-corrected chi connectivity index (χ1v) is 10.0. The molecular weight excluding hydrogens is 360 g/mol. The lowest BCUT2D eigenvalue weighted by Gasteiger charge is -2.32. The average molecular weight is 386 g/mol. The van der Waals surface area contributed by atoms with Crippen molar-refractivity contribution in [2.45, 2.75) is 37.6 Å². The van der Waals surface area contributed by atoms with Gasteiger partial charge in [0.2, 0.25) is 5.91 Å². The zero-order valence-corrected chi connectivity index (χ0v) is 16.2. The number of nitrogens with zero attached hydrogens (tertiary/aromatic N) is 4. The fraction of sp³-hybridized carbons (Fsp3) is 0.688. The number of aryl methyl sites for hydroxylation is 2. The summed E-state index contributed by atoms with van der Waals surface area (Å²) in [6.45, 7) is 2.68. The van der Waals surface area contributed by atoms with Gasteiger partial charge in [-0.25, -0.2) is 13.4 Å². The summed E-state index contributed by atoms with van der Waals surface area (Å²) < 4.78 is 28.4. The molecule has 0 spiro atoms. The Morgan fingerprint density at radius 1 is 1.35 bits per heavy atom. The molecule has 0 bridgehead atoms. The standard InChI is InChI=1S/C16H26N4O5S/c1-12-17-14(11-19(12)3)26(24,25)20-9-6-13(7-10-20)16(23)18(2)8-4-5-15(21)22/h11,13H,4-10H2,1-3H3,(H,21,22). The molecule has 1 saturated heterocycles. The monoisotopic (exact) mass is 386 g/mol. The van der Waals surface area contributed by atoms with Crippen molar-refractivity contribution < 1.29 is 23.1 Å². The van der Waals surface area contributed by atoms with Crippen LogP contribution in [0.3, 0.4) is 0 Å². The summed E-state index contributed by atoms with van der Waals surface area (Å²) in [6, 6.07) is 0. The third-order valence-corrected chi connectivity index (χ3v) is 6.52. The molecule has 0 atom stereocenters. The molecular formula is C16H26N4O5S. The Labute approximate surface area is 153 Å². The molecule has 146 valence electrons. The van der Waals surface area contributed by atoms with Crippen LogP contribution >= 0.6 is 0 Å². The van der Waals surface area contributed by atoms with Gasteiger partial charge in [-0.2, -0.15) is 4.31 Å². The molecule has 9 nitrogen and oxygen atoms in total. The summed E-state index contributed by atoms with van der Waals surface area (Å²) in [5, 5.41) is 8.69. The molecule has 1 fully saturated rings. The molecule has 0 radical (unpaired) electrons. The number of aromatic nitrogens is 2.